The van der Waals surface area contributed by atoms with Gasteiger partial charge in [-0.15, -0.1) is 0 Å². The van der Waals surface area contributed by atoms with Crippen LogP contribution in [0.2, 0.25) is 0 Å². The van der Waals surface area contributed by atoms with Gasteiger partial charge in [0.1, 0.15) is 0 Å². The first-order valence-electron chi connectivity index (χ1n) is 8.42. The molecule has 0 N–H and O–H groups in total. The third kappa shape index (κ3) is 4.26. The average molecular weight is 253 g/mol. The molecule has 18 heavy (non-hydrogen) atoms. The van der Waals surface area contributed by atoms with Gasteiger partial charge in [-0.2, -0.15) is 0 Å². The SMILES string of the molecule is CCCCCC(C)(CCCC)[C@@H]1CCCN1CC. The van der Waals surface area contributed by atoms with Crippen molar-refractivity contribution in [3.63, 3.8) is 0 Å². The predicted octanol–water partition coefficient (Wildman–Crippen LogP) is 5.25. The highest BCUT2D eigenvalue weighted by Crippen LogP contribution is 2.41. The van der Waals surface area contributed by atoms with E-state index in [9.17, 15) is 0 Å². The van der Waals surface area contributed by atoms with Crippen LogP contribution in [0.15, 0.2) is 0 Å². The molecule has 1 fully saturated rings. The molecule has 0 aliphatic carbocycles. The molecular formula is C17H35N. The summed E-state index contributed by atoms with van der Waals surface area (Å²) < 4.78 is 0. The number of likely N-dealkylation sites (tertiary alicyclic amines) is 1. The van der Waals surface area contributed by atoms with Crippen molar-refractivity contribution < 1.29 is 0 Å². The summed E-state index contributed by atoms with van der Waals surface area (Å²) in [5.74, 6) is 0. The Labute approximate surface area is 115 Å². The molecule has 1 aliphatic heterocycles. The largest absolute Gasteiger partial charge is 0.300 e. The van der Waals surface area contributed by atoms with Crippen molar-refractivity contribution in [1.82, 2.24) is 4.90 Å². The van der Waals surface area contributed by atoms with Gasteiger partial charge in [0.25, 0.3) is 0 Å². The molecule has 2 atom stereocenters. The van der Waals surface area contributed by atoms with E-state index in [-0.39, 0.29) is 0 Å². The Morgan fingerprint density at radius 3 is 2.28 bits per heavy atom. The van der Waals surface area contributed by atoms with Crippen molar-refractivity contribution in [3.05, 3.63) is 0 Å². The van der Waals surface area contributed by atoms with E-state index >= 15 is 0 Å². The Kier molecular flexibility index (Phi) is 7.29. The Morgan fingerprint density at radius 1 is 1.00 bits per heavy atom. The molecule has 1 heteroatoms. The molecule has 1 nitrogen and oxygen atoms in total. The third-order valence-electron chi connectivity index (χ3n) is 5.03. The highest BCUT2D eigenvalue weighted by atomic mass is 15.2. The molecule has 0 radical (unpaired) electrons. The number of rotatable bonds is 9. The highest BCUT2D eigenvalue weighted by molar-refractivity contribution is 4.92. The van der Waals surface area contributed by atoms with Gasteiger partial charge in [0.2, 0.25) is 0 Å². The van der Waals surface area contributed by atoms with Gasteiger partial charge in [-0.25, -0.2) is 0 Å². The molecule has 0 spiro atoms. The van der Waals surface area contributed by atoms with Crippen LogP contribution in [0.3, 0.4) is 0 Å². The topological polar surface area (TPSA) is 3.24 Å². The quantitative estimate of drug-likeness (QED) is 0.507. The summed E-state index contributed by atoms with van der Waals surface area (Å²) in [6, 6.07) is 0.867. The number of unbranched alkanes of at least 4 members (excludes halogenated alkanes) is 3. The highest BCUT2D eigenvalue weighted by Gasteiger charge is 2.38. The van der Waals surface area contributed by atoms with Crippen LogP contribution in [0, 0.1) is 5.41 Å². The summed E-state index contributed by atoms with van der Waals surface area (Å²) in [5, 5.41) is 0. The van der Waals surface area contributed by atoms with E-state index in [1.807, 2.05) is 0 Å². The summed E-state index contributed by atoms with van der Waals surface area (Å²) in [4.78, 5) is 2.75. The van der Waals surface area contributed by atoms with E-state index in [0.29, 0.717) is 5.41 Å². The molecule has 0 bridgehead atoms. The van der Waals surface area contributed by atoms with Gasteiger partial charge in [-0.05, 0) is 44.2 Å². The monoisotopic (exact) mass is 253 g/mol. The van der Waals surface area contributed by atoms with Crippen LogP contribution < -0.4 is 0 Å². The van der Waals surface area contributed by atoms with Gasteiger partial charge in [-0.1, -0.05) is 59.8 Å². The van der Waals surface area contributed by atoms with Crippen LogP contribution in [-0.2, 0) is 0 Å². The Balaban J connectivity index is 2.62. The minimum absolute atomic E-state index is 0.581. The third-order valence-corrected chi connectivity index (χ3v) is 5.03. The first kappa shape index (κ1) is 16.0. The molecule has 0 saturated carbocycles. The second-order valence-electron chi connectivity index (χ2n) is 6.50. The lowest BCUT2D eigenvalue weighted by Gasteiger charge is -2.41. The normalized spacial score (nSPS) is 24.3. The van der Waals surface area contributed by atoms with E-state index in [4.69, 9.17) is 0 Å². The van der Waals surface area contributed by atoms with E-state index in [0.717, 1.165) is 6.04 Å². The molecule has 0 aromatic heterocycles. The van der Waals surface area contributed by atoms with Crippen molar-refractivity contribution in [2.45, 2.75) is 91.5 Å². The molecule has 1 aliphatic rings. The first-order valence-corrected chi connectivity index (χ1v) is 8.42. The fourth-order valence-electron chi connectivity index (χ4n) is 3.81. The lowest BCUT2D eigenvalue weighted by atomic mass is 9.73. The summed E-state index contributed by atoms with van der Waals surface area (Å²) in [5.41, 5.74) is 0.581. The molecule has 0 amide bonds. The van der Waals surface area contributed by atoms with Crippen molar-refractivity contribution in [2.24, 2.45) is 5.41 Å². The van der Waals surface area contributed by atoms with Crippen LogP contribution in [0.1, 0.15) is 85.5 Å². The fourth-order valence-corrected chi connectivity index (χ4v) is 3.81. The average Bonchev–Trinajstić information content (AvgIpc) is 2.85. The van der Waals surface area contributed by atoms with Crippen molar-refractivity contribution in [1.29, 1.82) is 0 Å². The number of hydrogen-bond donors (Lipinski definition) is 0. The molecule has 1 unspecified atom stereocenters. The molecule has 108 valence electrons. The number of nitrogens with zero attached hydrogens (tertiary/aromatic N) is 1. The lowest BCUT2D eigenvalue weighted by molar-refractivity contribution is 0.0911. The zero-order valence-corrected chi connectivity index (χ0v) is 13.3. The second kappa shape index (κ2) is 8.19. The zero-order chi connectivity index (χ0) is 13.4. The molecule has 0 aromatic carbocycles. The van der Waals surface area contributed by atoms with Gasteiger partial charge >= 0.3 is 0 Å². The molecule has 1 heterocycles. The Hall–Kier alpha value is -0.0400. The van der Waals surface area contributed by atoms with E-state index in [1.165, 1.54) is 70.9 Å². The fraction of sp³-hybridized carbons (Fsp3) is 1.00. The van der Waals surface area contributed by atoms with Crippen molar-refractivity contribution >= 4 is 0 Å². The maximum Gasteiger partial charge on any atom is 0.0149 e. The van der Waals surface area contributed by atoms with Crippen molar-refractivity contribution in [3.8, 4) is 0 Å². The summed E-state index contributed by atoms with van der Waals surface area (Å²) >= 11 is 0. The summed E-state index contributed by atoms with van der Waals surface area (Å²) in [6.07, 6.45) is 12.7. The zero-order valence-electron chi connectivity index (χ0n) is 13.3. The van der Waals surface area contributed by atoms with E-state index in [2.05, 4.69) is 32.6 Å². The maximum absolute atomic E-state index is 2.75. The van der Waals surface area contributed by atoms with Gasteiger partial charge < -0.3 is 4.90 Å². The predicted molar refractivity (Wildman–Crippen MR) is 82.0 cm³/mol. The van der Waals surface area contributed by atoms with Crippen LogP contribution in [0.4, 0.5) is 0 Å². The summed E-state index contributed by atoms with van der Waals surface area (Å²) in [6.45, 7) is 12.2. The van der Waals surface area contributed by atoms with Crippen molar-refractivity contribution in [2.75, 3.05) is 13.1 Å². The molecule has 1 rings (SSSR count). The van der Waals surface area contributed by atoms with Crippen LogP contribution >= 0.6 is 0 Å². The van der Waals surface area contributed by atoms with Gasteiger partial charge in [0.15, 0.2) is 0 Å². The van der Waals surface area contributed by atoms with Crippen LogP contribution in [-0.4, -0.2) is 24.0 Å². The Bertz CT molecular complexity index is 214. The van der Waals surface area contributed by atoms with Crippen LogP contribution in [0.25, 0.3) is 0 Å². The second-order valence-corrected chi connectivity index (χ2v) is 6.50. The smallest absolute Gasteiger partial charge is 0.0149 e. The van der Waals surface area contributed by atoms with Gasteiger partial charge in [0.05, 0.1) is 0 Å². The summed E-state index contributed by atoms with van der Waals surface area (Å²) in [7, 11) is 0. The minimum atomic E-state index is 0.581. The standard InChI is InChI=1S/C17H35N/c1-5-8-10-14-17(4,13-9-6-2)16-12-11-15-18(16)7-3/h16H,5-15H2,1-4H3/t16-,17?/m0/s1. The van der Waals surface area contributed by atoms with Gasteiger partial charge in [-0.3, -0.25) is 0 Å². The van der Waals surface area contributed by atoms with Gasteiger partial charge in [0, 0.05) is 6.04 Å². The molecular weight excluding hydrogens is 218 g/mol. The maximum atomic E-state index is 2.75. The lowest BCUT2D eigenvalue weighted by Crippen LogP contribution is -2.42. The molecule has 1 saturated heterocycles. The number of hydrogen-bond acceptors (Lipinski definition) is 1. The van der Waals surface area contributed by atoms with E-state index < -0.39 is 0 Å². The van der Waals surface area contributed by atoms with E-state index in [1.54, 1.807) is 0 Å². The molecule has 0 aromatic rings. The minimum Gasteiger partial charge on any atom is -0.300 e. The van der Waals surface area contributed by atoms with Crippen LogP contribution in [0.5, 0.6) is 0 Å². The first-order chi connectivity index (χ1) is 8.68. The Morgan fingerprint density at radius 2 is 1.67 bits per heavy atom.